The summed E-state index contributed by atoms with van der Waals surface area (Å²) in [4.78, 5) is 5.89. The Hall–Kier alpha value is -2.09. The summed E-state index contributed by atoms with van der Waals surface area (Å²) in [6.45, 7) is 0.864. The van der Waals surface area contributed by atoms with Crippen molar-refractivity contribution in [3.63, 3.8) is 0 Å². The third-order valence-electron chi connectivity index (χ3n) is 3.73. The standard InChI is InChI=1S/C18H15ClN4OS2/c19-14-4-1-3-13(9-14)17-21-15(10-24-17)11-26-18-22-20-12-23(18)7-6-16-5-2-8-25-16/h1-5,8-10,12H,6-7,11H2. The number of hydrogen-bond donors (Lipinski definition) is 0. The Morgan fingerprint density at radius 3 is 3.04 bits per heavy atom. The zero-order valence-electron chi connectivity index (χ0n) is 13.7. The summed E-state index contributed by atoms with van der Waals surface area (Å²) in [5, 5.41) is 11.9. The first-order valence-corrected chi connectivity index (χ1v) is 10.3. The lowest BCUT2D eigenvalue weighted by molar-refractivity contribution is 0.573. The highest BCUT2D eigenvalue weighted by molar-refractivity contribution is 7.98. The van der Waals surface area contributed by atoms with Gasteiger partial charge in [0.2, 0.25) is 5.89 Å². The minimum Gasteiger partial charge on any atom is -0.444 e. The van der Waals surface area contributed by atoms with E-state index in [0.29, 0.717) is 16.7 Å². The van der Waals surface area contributed by atoms with Gasteiger partial charge in [-0.05, 0) is 36.1 Å². The van der Waals surface area contributed by atoms with Gasteiger partial charge in [0, 0.05) is 27.8 Å². The van der Waals surface area contributed by atoms with Crippen LogP contribution in [0.5, 0.6) is 0 Å². The fourth-order valence-electron chi connectivity index (χ4n) is 2.46. The average molecular weight is 403 g/mol. The molecule has 0 aliphatic rings. The molecule has 0 aliphatic carbocycles. The molecule has 0 amide bonds. The van der Waals surface area contributed by atoms with Gasteiger partial charge in [-0.2, -0.15) is 0 Å². The van der Waals surface area contributed by atoms with Crippen LogP contribution in [0.4, 0.5) is 0 Å². The van der Waals surface area contributed by atoms with Gasteiger partial charge in [0.25, 0.3) is 0 Å². The number of thioether (sulfide) groups is 1. The van der Waals surface area contributed by atoms with Crippen LogP contribution >= 0.6 is 34.7 Å². The van der Waals surface area contributed by atoms with Gasteiger partial charge < -0.3 is 8.98 Å². The molecule has 5 nitrogen and oxygen atoms in total. The second-order valence-corrected chi connectivity index (χ2v) is 7.99. The third kappa shape index (κ3) is 4.17. The molecule has 0 atom stereocenters. The molecule has 3 heterocycles. The van der Waals surface area contributed by atoms with E-state index in [-0.39, 0.29) is 0 Å². The van der Waals surface area contributed by atoms with Gasteiger partial charge in [0.1, 0.15) is 12.6 Å². The summed E-state index contributed by atoms with van der Waals surface area (Å²) in [6, 6.07) is 11.7. The van der Waals surface area contributed by atoms with Crippen molar-refractivity contribution in [2.75, 3.05) is 0 Å². The van der Waals surface area contributed by atoms with E-state index < -0.39 is 0 Å². The van der Waals surface area contributed by atoms with Crippen LogP contribution in [-0.4, -0.2) is 19.7 Å². The maximum Gasteiger partial charge on any atom is 0.226 e. The molecule has 26 heavy (non-hydrogen) atoms. The topological polar surface area (TPSA) is 56.7 Å². The Morgan fingerprint density at radius 2 is 2.19 bits per heavy atom. The van der Waals surface area contributed by atoms with Gasteiger partial charge in [-0.25, -0.2) is 4.98 Å². The molecule has 0 bridgehead atoms. The van der Waals surface area contributed by atoms with Crippen LogP contribution in [0, 0.1) is 0 Å². The molecule has 3 aromatic heterocycles. The van der Waals surface area contributed by atoms with Crippen molar-refractivity contribution in [2.45, 2.75) is 23.9 Å². The third-order valence-corrected chi connectivity index (χ3v) is 5.92. The van der Waals surface area contributed by atoms with Crippen LogP contribution in [0.15, 0.2) is 63.9 Å². The van der Waals surface area contributed by atoms with Crippen molar-refractivity contribution >= 4 is 34.7 Å². The van der Waals surface area contributed by atoms with Crippen molar-refractivity contribution in [3.8, 4) is 11.5 Å². The second-order valence-electron chi connectivity index (χ2n) is 5.58. The van der Waals surface area contributed by atoms with E-state index in [1.165, 1.54) is 4.88 Å². The van der Waals surface area contributed by atoms with Crippen molar-refractivity contribution in [1.82, 2.24) is 19.7 Å². The molecule has 0 fully saturated rings. The lowest BCUT2D eigenvalue weighted by Gasteiger charge is -2.04. The van der Waals surface area contributed by atoms with Crippen molar-refractivity contribution in [3.05, 3.63) is 70.0 Å². The summed E-state index contributed by atoms with van der Waals surface area (Å²) in [6.07, 6.45) is 4.43. The largest absolute Gasteiger partial charge is 0.444 e. The van der Waals surface area contributed by atoms with Crippen molar-refractivity contribution in [1.29, 1.82) is 0 Å². The maximum atomic E-state index is 6.02. The molecule has 0 N–H and O–H groups in total. The SMILES string of the molecule is Clc1cccc(-c2nc(CSc3nncn3CCc3cccs3)co2)c1. The van der Waals surface area contributed by atoms with Crippen LogP contribution in [0.1, 0.15) is 10.6 Å². The van der Waals surface area contributed by atoms with Gasteiger partial charge in [-0.1, -0.05) is 35.5 Å². The number of aromatic nitrogens is 4. The first-order valence-electron chi connectivity index (χ1n) is 8.01. The first-order chi connectivity index (χ1) is 12.8. The number of rotatable bonds is 7. The smallest absolute Gasteiger partial charge is 0.226 e. The van der Waals surface area contributed by atoms with Gasteiger partial charge in [-0.3, -0.25) is 0 Å². The minimum atomic E-state index is 0.572. The molecular formula is C18H15ClN4OS2. The van der Waals surface area contributed by atoms with Crippen molar-refractivity contribution < 1.29 is 4.42 Å². The van der Waals surface area contributed by atoms with E-state index in [2.05, 4.69) is 37.3 Å². The molecule has 0 saturated carbocycles. The Morgan fingerprint density at radius 1 is 1.23 bits per heavy atom. The number of aryl methyl sites for hydroxylation is 2. The number of hydrogen-bond acceptors (Lipinski definition) is 6. The summed E-state index contributed by atoms with van der Waals surface area (Å²) < 4.78 is 7.65. The molecule has 4 aromatic rings. The van der Waals surface area contributed by atoms with E-state index in [0.717, 1.165) is 29.4 Å². The molecule has 0 radical (unpaired) electrons. The van der Waals surface area contributed by atoms with E-state index in [1.54, 1.807) is 35.7 Å². The summed E-state index contributed by atoms with van der Waals surface area (Å²) in [7, 11) is 0. The van der Waals surface area contributed by atoms with Gasteiger partial charge in [0.05, 0.1) is 5.69 Å². The highest BCUT2D eigenvalue weighted by atomic mass is 35.5. The quantitative estimate of drug-likeness (QED) is 0.398. The second kappa shape index (κ2) is 8.07. The number of benzene rings is 1. The van der Waals surface area contributed by atoms with E-state index in [1.807, 2.05) is 24.3 Å². The van der Waals surface area contributed by atoms with Gasteiger partial charge in [0.15, 0.2) is 5.16 Å². The fourth-order valence-corrected chi connectivity index (χ4v) is 4.17. The van der Waals surface area contributed by atoms with E-state index >= 15 is 0 Å². The Bertz CT molecular complexity index is 981. The highest BCUT2D eigenvalue weighted by Crippen LogP contribution is 2.25. The van der Waals surface area contributed by atoms with E-state index in [4.69, 9.17) is 16.0 Å². The Labute approximate surface area is 164 Å². The predicted octanol–water partition coefficient (Wildman–Crippen LogP) is 5.18. The fraction of sp³-hybridized carbons (Fsp3) is 0.167. The summed E-state index contributed by atoms with van der Waals surface area (Å²) in [5.74, 6) is 1.24. The summed E-state index contributed by atoms with van der Waals surface area (Å²) >= 11 is 9.39. The summed E-state index contributed by atoms with van der Waals surface area (Å²) in [5.41, 5.74) is 1.73. The van der Waals surface area contributed by atoms with E-state index in [9.17, 15) is 0 Å². The Kier molecular flexibility index (Phi) is 5.38. The predicted molar refractivity (Wildman–Crippen MR) is 105 cm³/mol. The molecule has 1 aromatic carbocycles. The first kappa shape index (κ1) is 17.3. The maximum absolute atomic E-state index is 6.02. The molecule has 0 saturated heterocycles. The van der Waals surface area contributed by atoms with Crippen LogP contribution in [0.3, 0.4) is 0 Å². The molecule has 132 valence electrons. The average Bonchev–Trinajstić information content (AvgIpc) is 3.39. The normalized spacial score (nSPS) is 11.1. The number of thiophene rings is 1. The monoisotopic (exact) mass is 402 g/mol. The Balaban J connectivity index is 1.38. The van der Waals surface area contributed by atoms with Gasteiger partial charge in [-0.15, -0.1) is 21.5 Å². The molecule has 0 spiro atoms. The van der Waals surface area contributed by atoms with Gasteiger partial charge >= 0.3 is 0 Å². The molecule has 0 aliphatic heterocycles. The number of nitrogens with zero attached hydrogens (tertiary/aromatic N) is 4. The number of oxazole rings is 1. The zero-order valence-corrected chi connectivity index (χ0v) is 16.1. The van der Waals surface area contributed by atoms with Crippen LogP contribution in [0.2, 0.25) is 5.02 Å². The molecule has 4 rings (SSSR count). The van der Waals surface area contributed by atoms with Crippen LogP contribution < -0.4 is 0 Å². The van der Waals surface area contributed by atoms with Crippen molar-refractivity contribution in [2.24, 2.45) is 0 Å². The van der Waals surface area contributed by atoms with Crippen LogP contribution in [-0.2, 0) is 18.7 Å². The van der Waals surface area contributed by atoms with Crippen LogP contribution in [0.25, 0.3) is 11.5 Å². The highest BCUT2D eigenvalue weighted by Gasteiger charge is 2.10. The minimum absolute atomic E-state index is 0.572. The number of halogens is 1. The zero-order chi connectivity index (χ0) is 17.8. The molecule has 8 heteroatoms. The lowest BCUT2D eigenvalue weighted by atomic mass is 10.2. The molecule has 0 unspecified atom stereocenters. The molecular weight excluding hydrogens is 388 g/mol. The lowest BCUT2D eigenvalue weighted by Crippen LogP contribution is -2.01.